The van der Waals surface area contributed by atoms with Crippen LogP contribution in [0.25, 0.3) is 0 Å². The molecule has 0 heterocycles. The van der Waals surface area contributed by atoms with E-state index >= 15 is 0 Å². The first-order chi connectivity index (χ1) is 19.5. The number of aliphatic carboxylic acids is 2. The van der Waals surface area contributed by atoms with Crippen molar-refractivity contribution in [2.24, 2.45) is 11.8 Å². The maximum absolute atomic E-state index is 10.8. The van der Waals surface area contributed by atoms with Crippen LogP contribution in [0.4, 0.5) is 0 Å². The summed E-state index contributed by atoms with van der Waals surface area (Å²) in [5, 5.41) is 17.7. The Bertz CT molecular complexity index is 547. The first-order valence-corrected chi connectivity index (χ1v) is 17.9. The van der Waals surface area contributed by atoms with Gasteiger partial charge in [0.25, 0.3) is 0 Å². The molecule has 0 aromatic heterocycles. The fourth-order valence-corrected chi connectivity index (χ4v) is 6.38. The van der Waals surface area contributed by atoms with Gasteiger partial charge in [-0.3, -0.25) is 9.59 Å². The monoisotopic (exact) mass is 567 g/mol. The van der Waals surface area contributed by atoms with Crippen LogP contribution in [0.5, 0.6) is 0 Å². The highest BCUT2D eigenvalue weighted by Crippen LogP contribution is 2.33. The number of carbonyl (C=O) groups is 2. The van der Waals surface area contributed by atoms with Crippen molar-refractivity contribution in [2.75, 3.05) is 0 Å². The Morgan fingerprint density at radius 3 is 0.850 bits per heavy atom. The van der Waals surface area contributed by atoms with Crippen molar-refractivity contribution >= 4 is 11.9 Å². The van der Waals surface area contributed by atoms with Crippen LogP contribution in [0.15, 0.2) is 0 Å². The third-order valence-electron chi connectivity index (χ3n) is 8.95. The summed E-state index contributed by atoms with van der Waals surface area (Å²) in [6, 6.07) is 0. The van der Waals surface area contributed by atoms with Gasteiger partial charge in [-0.2, -0.15) is 0 Å². The molecule has 0 spiro atoms. The summed E-state index contributed by atoms with van der Waals surface area (Å²) >= 11 is 0. The summed E-state index contributed by atoms with van der Waals surface area (Å²) < 4.78 is 0. The fourth-order valence-electron chi connectivity index (χ4n) is 6.38. The summed E-state index contributed by atoms with van der Waals surface area (Å²) in [6.45, 7) is 4.59. The Morgan fingerprint density at radius 1 is 0.375 bits per heavy atom. The molecule has 0 saturated carbocycles. The van der Waals surface area contributed by atoms with Crippen LogP contribution in [0.1, 0.15) is 206 Å². The van der Waals surface area contributed by atoms with Crippen LogP contribution < -0.4 is 0 Å². The number of hydrogen-bond acceptors (Lipinski definition) is 2. The van der Waals surface area contributed by atoms with E-state index in [-0.39, 0.29) is 0 Å². The molecule has 0 aromatic rings. The Labute approximate surface area is 249 Å². The van der Waals surface area contributed by atoms with E-state index in [4.69, 9.17) is 10.2 Å². The average Bonchev–Trinajstić information content (AvgIpc) is 2.92. The summed E-state index contributed by atoms with van der Waals surface area (Å²) in [7, 11) is 0. The SMILES string of the molecule is CCCCCCCCCCC(CCCCCCCCC(=O)O)C(CCCCCCC)CCCCCCCC(=O)O. The lowest BCUT2D eigenvalue weighted by atomic mass is 9.78. The van der Waals surface area contributed by atoms with Gasteiger partial charge in [0.2, 0.25) is 0 Å². The molecule has 0 fully saturated rings. The second kappa shape index (κ2) is 30.9. The smallest absolute Gasteiger partial charge is 0.303 e. The predicted molar refractivity (Wildman–Crippen MR) is 172 cm³/mol. The minimum absolute atomic E-state index is 0.320. The third-order valence-corrected chi connectivity index (χ3v) is 8.95. The molecule has 0 radical (unpaired) electrons. The zero-order valence-electron chi connectivity index (χ0n) is 27.1. The highest BCUT2D eigenvalue weighted by molar-refractivity contribution is 5.66. The first kappa shape index (κ1) is 38.9. The minimum atomic E-state index is -0.662. The van der Waals surface area contributed by atoms with E-state index in [9.17, 15) is 9.59 Å². The maximum Gasteiger partial charge on any atom is 0.303 e. The van der Waals surface area contributed by atoms with E-state index in [1.54, 1.807) is 0 Å². The lowest BCUT2D eigenvalue weighted by Gasteiger charge is -2.28. The van der Waals surface area contributed by atoms with Crippen LogP contribution in [0.3, 0.4) is 0 Å². The van der Waals surface area contributed by atoms with E-state index < -0.39 is 11.9 Å². The van der Waals surface area contributed by atoms with Crippen molar-refractivity contribution in [1.29, 1.82) is 0 Å². The van der Waals surface area contributed by atoms with Crippen molar-refractivity contribution in [1.82, 2.24) is 0 Å². The largest absolute Gasteiger partial charge is 0.481 e. The average molecular weight is 567 g/mol. The number of hydrogen-bond donors (Lipinski definition) is 2. The zero-order chi connectivity index (χ0) is 29.5. The number of carboxylic acids is 2. The molecule has 238 valence electrons. The van der Waals surface area contributed by atoms with Crippen LogP contribution in [-0.4, -0.2) is 22.2 Å². The van der Waals surface area contributed by atoms with Gasteiger partial charge in [-0.15, -0.1) is 0 Å². The summed E-state index contributed by atoms with van der Waals surface area (Å²) in [5.74, 6) is 0.406. The fraction of sp³-hybridized carbons (Fsp3) is 0.944. The van der Waals surface area contributed by atoms with Gasteiger partial charge in [0.05, 0.1) is 0 Å². The summed E-state index contributed by atoms with van der Waals surface area (Å²) in [4.78, 5) is 21.5. The van der Waals surface area contributed by atoms with Gasteiger partial charge >= 0.3 is 11.9 Å². The van der Waals surface area contributed by atoms with Crippen molar-refractivity contribution in [3.63, 3.8) is 0 Å². The molecule has 4 heteroatoms. The molecule has 0 aliphatic heterocycles. The van der Waals surface area contributed by atoms with Crippen LogP contribution in [0, 0.1) is 11.8 Å². The lowest BCUT2D eigenvalue weighted by Crippen LogP contribution is -2.16. The van der Waals surface area contributed by atoms with Crippen molar-refractivity contribution in [3.8, 4) is 0 Å². The molecular formula is C36H70O4. The van der Waals surface area contributed by atoms with E-state index in [1.807, 2.05) is 0 Å². The van der Waals surface area contributed by atoms with Gasteiger partial charge in [0.1, 0.15) is 0 Å². The van der Waals surface area contributed by atoms with Gasteiger partial charge in [0.15, 0.2) is 0 Å². The molecular weight excluding hydrogens is 496 g/mol. The van der Waals surface area contributed by atoms with Gasteiger partial charge < -0.3 is 10.2 Å². The van der Waals surface area contributed by atoms with Crippen molar-refractivity contribution in [3.05, 3.63) is 0 Å². The van der Waals surface area contributed by atoms with E-state index in [0.717, 1.165) is 37.5 Å². The summed E-state index contributed by atoms with van der Waals surface area (Å²) in [5.41, 5.74) is 0. The first-order valence-electron chi connectivity index (χ1n) is 17.9. The molecule has 2 unspecified atom stereocenters. The zero-order valence-corrected chi connectivity index (χ0v) is 27.1. The van der Waals surface area contributed by atoms with E-state index in [2.05, 4.69) is 13.8 Å². The van der Waals surface area contributed by atoms with Crippen LogP contribution >= 0.6 is 0 Å². The molecule has 0 amide bonds. The Morgan fingerprint density at radius 2 is 0.600 bits per heavy atom. The second-order valence-electron chi connectivity index (χ2n) is 12.7. The van der Waals surface area contributed by atoms with Gasteiger partial charge in [-0.1, -0.05) is 181 Å². The van der Waals surface area contributed by atoms with Crippen molar-refractivity contribution in [2.45, 2.75) is 206 Å². The third kappa shape index (κ3) is 28.5. The van der Waals surface area contributed by atoms with Gasteiger partial charge in [-0.25, -0.2) is 0 Å². The molecule has 0 bridgehead atoms. The molecule has 4 nitrogen and oxygen atoms in total. The molecule has 0 aliphatic rings. The number of carboxylic acid groups (broad SMARTS) is 2. The quantitative estimate of drug-likeness (QED) is 0.0775. The van der Waals surface area contributed by atoms with E-state index in [1.165, 1.54) is 154 Å². The lowest BCUT2D eigenvalue weighted by molar-refractivity contribution is -0.138. The molecule has 0 saturated heterocycles. The normalized spacial score (nSPS) is 12.9. The van der Waals surface area contributed by atoms with E-state index in [0.29, 0.717) is 12.8 Å². The Hall–Kier alpha value is -1.06. The minimum Gasteiger partial charge on any atom is -0.481 e. The molecule has 2 atom stereocenters. The van der Waals surface area contributed by atoms with Gasteiger partial charge in [-0.05, 0) is 24.7 Å². The number of rotatable bonds is 33. The standard InChI is InChI=1S/C36H70O4/c1-3-5-7-9-10-11-16-22-28-34(29-23-17-12-13-19-25-31-35(37)38)33(27-21-15-8-6-4-2)30-24-18-14-20-26-32-36(39)40/h33-34H,3-32H2,1-2H3,(H,37,38)(H,39,40). The Balaban J connectivity index is 4.73. The molecule has 0 aromatic carbocycles. The van der Waals surface area contributed by atoms with Gasteiger partial charge in [0, 0.05) is 12.8 Å². The van der Waals surface area contributed by atoms with Crippen LogP contribution in [0.2, 0.25) is 0 Å². The topological polar surface area (TPSA) is 74.6 Å². The molecule has 0 rings (SSSR count). The van der Waals surface area contributed by atoms with Crippen molar-refractivity contribution < 1.29 is 19.8 Å². The maximum atomic E-state index is 10.8. The summed E-state index contributed by atoms with van der Waals surface area (Å²) in [6.07, 6.45) is 36.8. The second-order valence-corrected chi connectivity index (χ2v) is 12.7. The highest BCUT2D eigenvalue weighted by atomic mass is 16.4. The molecule has 40 heavy (non-hydrogen) atoms. The number of unbranched alkanes of at least 4 members (excludes halogenated alkanes) is 20. The highest BCUT2D eigenvalue weighted by Gasteiger charge is 2.20. The Kier molecular flexibility index (Phi) is 30.1. The predicted octanol–water partition coefficient (Wildman–Crippen LogP) is 12.1. The molecule has 2 N–H and O–H groups in total. The molecule has 0 aliphatic carbocycles. The van der Waals surface area contributed by atoms with Crippen LogP contribution in [-0.2, 0) is 9.59 Å².